The van der Waals surface area contributed by atoms with Gasteiger partial charge in [-0.15, -0.1) is 0 Å². The standard InChI is InChI=1S/C17H16N2O3/c20-16-14-9-5-4-8-13(14)11-19(16)18-15(17(21)22)10-12-6-2-1-3-7-12/h1-9,11,15,18,20H,10H2,(H,21,22)/t15-/m0/s1. The predicted molar refractivity (Wildman–Crippen MR) is 84.5 cm³/mol. The van der Waals surface area contributed by atoms with E-state index in [1.165, 1.54) is 4.68 Å². The van der Waals surface area contributed by atoms with E-state index >= 15 is 0 Å². The minimum absolute atomic E-state index is 0.00918. The highest BCUT2D eigenvalue weighted by Gasteiger charge is 2.19. The van der Waals surface area contributed by atoms with Crippen molar-refractivity contribution in [3.63, 3.8) is 0 Å². The molecule has 1 heterocycles. The van der Waals surface area contributed by atoms with E-state index in [9.17, 15) is 15.0 Å². The van der Waals surface area contributed by atoms with Gasteiger partial charge < -0.3 is 15.6 Å². The lowest BCUT2D eigenvalue weighted by Crippen LogP contribution is -2.36. The highest BCUT2D eigenvalue weighted by atomic mass is 16.4. The molecule has 5 heteroatoms. The molecule has 0 spiro atoms. The fourth-order valence-corrected chi connectivity index (χ4v) is 2.45. The number of aromatic hydroxyl groups is 1. The molecule has 0 unspecified atom stereocenters. The fraction of sp³-hybridized carbons (Fsp3) is 0.118. The normalized spacial score (nSPS) is 12.2. The van der Waals surface area contributed by atoms with Gasteiger partial charge in [0.15, 0.2) is 0 Å². The number of aliphatic carboxylic acids is 1. The summed E-state index contributed by atoms with van der Waals surface area (Å²) in [6, 6.07) is 15.9. The van der Waals surface area contributed by atoms with Crippen LogP contribution < -0.4 is 5.43 Å². The van der Waals surface area contributed by atoms with E-state index in [2.05, 4.69) is 5.43 Å². The Labute approximate surface area is 127 Å². The molecule has 2 aromatic carbocycles. The van der Waals surface area contributed by atoms with Gasteiger partial charge in [0.05, 0.1) is 0 Å². The second-order valence-corrected chi connectivity index (χ2v) is 5.12. The summed E-state index contributed by atoms with van der Waals surface area (Å²) in [4.78, 5) is 11.5. The molecule has 3 N–H and O–H groups in total. The molecule has 0 fully saturated rings. The van der Waals surface area contributed by atoms with Crippen LogP contribution in [0.3, 0.4) is 0 Å². The van der Waals surface area contributed by atoms with E-state index < -0.39 is 12.0 Å². The molecule has 0 saturated heterocycles. The van der Waals surface area contributed by atoms with Crippen molar-refractivity contribution in [3.05, 3.63) is 66.4 Å². The van der Waals surface area contributed by atoms with Crippen LogP contribution in [0.5, 0.6) is 5.88 Å². The molecule has 5 nitrogen and oxygen atoms in total. The number of nitrogens with one attached hydrogen (secondary N) is 1. The average Bonchev–Trinajstić information content (AvgIpc) is 2.84. The van der Waals surface area contributed by atoms with E-state index in [-0.39, 0.29) is 5.88 Å². The van der Waals surface area contributed by atoms with E-state index in [0.717, 1.165) is 10.9 Å². The van der Waals surface area contributed by atoms with Crippen LogP contribution in [0.4, 0.5) is 0 Å². The Balaban J connectivity index is 1.86. The lowest BCUT2D eigenvalue weighted by molar-refractivity contribution is -0.138. The van der Waals surface area contributed by atoms with Crippen LogP contribution in [0.1, 0.15) is 5.56 Å². The van der Waals surface area contributed by atoms with Crippen molar-refractivity contribution in [3.8, 4) is 5.88 Å². The third kappa shape index (κ3) is 2.74. The number of aromatic nitrogens is 1. The number of fused-ring (bicyclic) bond motifs is 1. The first kappa shape index (κ1) is 14.0. The van der Waals surface area contributed by atoms with Gasteiger partial charge in [-0.25, -0.2) is 9.47 Å². The second-order valence-electron chi connectivity index (χ2n) is 5.12. The molecule has 0 aliphatic heterocycles. The maximum Gasteiger partial charge on any atom is 0.328 e. The summed E-state index contributed by atoms with van der Waals surface area (Å²) in [5.41, 5.74) is 3.77. The minimum Gasteiger partial charge on any atom is -0.493 e. The molecule has 1 atom stereocenters. The number of hydrogen-bond donors (Lipinski definition) is 3. The number of carboxylic acids is 1. The number of rotatable bonds is 5. The van der Waals surface area contributed by atoms with Crippen LogP contribution in [0, 0.1) is 0 Å². The molecule has 0 saturated carbocycles. The highest BCUT2D eigenvalue weighted by molar-refractivity contribution is 5.88. The third-order valence-electron chi connectivity index (χ3n) is 3.57. The van der Waals surface area contributed by atoms with E-state index in [0.29, 0.717) is 11.8 Å². The van der Waals surface area contributed by atoms with Crippen molar-refractivity contribution < 1.29 is 15.0 Å². The predicted octanol–water partition coefficient (Wildman–Crippen LogP) is 2.59. The number of hydrogen-bond acceptors (Lipinski definition) is 3. The zero-order valence-electron chi connectivity index (χ0n) is 11.8. The van der Waals surface area contributed by atoms with Gasteiger partial charge in [-0.1, -0.05) is 48.5 Å². The Morgan fingerprint density at radius 1 is 1.09 bits per heavy atom. The van der Waals surface area contributed by atoms with Crippen LogP contribution >= 0.6 is 0 Å². The number of carboxylic acid groups (broad SMARTS) is 1. The molecule has 3 aromatic rings. The maximum absolute atomic E-state index is 11.5. The summed E-state index contributed by atoms with van der Waals surface area (Å²) in [7, 11) is 0. The summed E-state index contributed by atoms with van der Waals surface area (Å²) in [5, 5.41) is 21.1. The van der Waals surface area contributed by atoms with Crippen molar-refractivity contribution in [1.29, 1.82) is 0 Å². The molecular formula is C17H16N2O3. The topological polar surface area (TPSA) is 74.5 Å². The van der Waals surface area contributed by atoms with E-state index in [4.69, 9.17) is 0 Å². The summed E-state index contributed by atoms with van der Waals surface area (Å²) >= 11 is 0. The SMILES string of the molecule is O=C(O)[C@H](Cc1ccccc1)Nn1cc2ccccc2c1O. The Hall–Kier alpha value is -2.95. The molecular weight excluding hydrogens is 280 g/mol. The molecule has 0 aliphatic carbocycles. The summed E-state index contributed by atoms with van der Waals surface area (Å²) < 4.78 is 1.37. The molecule has 22 heavy (non-hydrogen) atoms. The van der Waals surface area contributed by atoms with Crippen LogP contribution in [0.15, 0.2) is 60.8 Å². The summed E-state index contributed by atoms with van der Waals surface area (Å²) in [6.07, 6.45) is 2.01. The quantitative estimate of drug-likeness (QED) is 0.676. The Bertz CT molecular complexity index is 796. The smallest absolute Gasteiger partial charge is 0.328 e. The maximum atomic E-state index is 11.5. The molecule has 0 bridgehead atoms. The number of nitrogens with zero attached hydrogens (tertiary/aromatic N) is 1. The van der Waals surface area contributed by atoms with Gasteiger partial charge in [0.2, 0.25) is 5.88 Å². The van der Waals surface area contributed by atoms with E-state index in [1.807, 2.05) is 48.5 Å². The van der Waals surface area contributed by atoms with Gasteiger partial charge in [0.25, 0.3) is 0 Å². The molecule has 0 amide bonds. The molecule has 112 valence electrons. The van der Waals surface area contributed by atoms with Crippen molar-refractivity contribution in [2.45, 2.75) is 12.5 Å². The zero-order chi connectivity index (χ0) is 15.5. The monoisotopic (exact) mass is 296 g/mol. The van der Waals surface area contributed by atoms with Gasteiger partial charge >= 0.3 is 5.97 Å². The third-order valence-corrected chi connectivity index (χ3v) is 3.57. The number of carbonyl (C=O) groups is 1. The largest absolute Gasteiger partial charge is 0.493 e. The van der Waals surface area contributed by atoms with Crippen LogP contribution in [0.25, 0.3) is 10.8 Å². The first-order valence-electron chi connectivity index (χ1n) is 6.97. The van der Waals surface area contributed by atoms with Gasteiger partial charge in [0, 0.05) is 23.4 Å². The lowest BCUT2D eigenvalue weighted by Gasteiger charge is -2.17. The lowest BCUT2D eigenvalue weighted by atomic mass is 10.1. The summed E-state index contributed by atoms with van der Waals surface area (Å²) in [6.45, 7) is 0. The van der Waals surface area contributed by atoms with Gasteiger partial charge in [0.1, 0.15) is 6.04 Å². The second kappa shape index (κ2) is 5.81. The van der Waals surface area contributed by atoms with Gasteiger partial charge in [-0.3, -0.25) is 0 Å². The zero-order valence-corrected chi connectivity index (χ0v) is 11.8. The first-order chi connectivity index (χ1) is 10.6. The van der Waals surface area contributed by atoms with Crippen LogP contribution in [-0.4, -0.2) is 26.9 Å². The minimum atomic E-state index is -0.971. The first-order valence-corrected chi connectivity index (χ1v) is 6.97. The van der Waals surface area contributed by atoms with Crippen LogP contribution in [0.2, 0.25) is 0 Å². The molecule has 0 aliphatic rings. The number of benzene rings is 2. The molecule has 3 rings (SSSR count). The van der Waals surface area contributed by atoms with Gasteiger partial charge in [-0.2, -0.15) is 0 Å². The Morgan fingerprint density at radius 2 is 1.77 bits per heavy atom. The van der Waals surface area contributed by atoms with Crippen molar-refractivity contribution >= 4 is 16.7 Å². The van der Waals surface area contributed by atoms with Gasteiger partial charge in [-0.05, 0) is 11.6 Å². The fourth-order valence-electron chi connectivity index (χ4n) is 2.45. The van der Waals surface area contributed by atoms with Crippen molar-refractivity contribution in [1.82, 2.24) is 4.68 Å². The Kier molecular flexibility index (Phi) is 3.70. The highest BCUT2D eigenvalue weighted by Crippen LogP contribution is 2.25. The summed E-state index contributed by atoms with van der Waals surface area (Å²) in [5.74, 6) is -0.962. The molecule has 0 radical (unpaired) electrons. The molecule has 1 aromatic heterocycles. The van der Waals surface area contributed by atoms with Crippen molar-refractivity contribution in [2.75, 3.05) is 5.43 Å². The van der Waals surface area contributed by atoms with Crippen LogP contribution in [-0.2, 0) is 11.2 Å². The van der Waals surface area contributed by atoms with E-state index in [1.54, 1.807) is 12.3 Å². The average molecular weight is 296 g/mol. The Morgan fingerprint density at radius 3 is 2.45 bits per heavy atom. The van der Waals surface area contributed by atoms with Crippen molar-refractivity contribution in [2.24, 2.45) is 0 Å².